The largest absolute Gasteiger partial charge is 0.393 e. The van der Waals surface area contributed by atoms with Crippen molar-refractivity contribution in [2.75, 3.05) is 37.4 Å². The first-order valence-corrected chi connectivity index (χ1v) is 10.3. The van der Waals surface area contributed by atoms with Crippen molar-refractivity contribution in [3.05, 3.63) is 36.4 Å². The number of fused-ring (bicyclic) bond motifs is 1. The number of carbonyl (C=O) groups excluding carboxylic acids is 2. The summed E-state index contributed by atoms with van der Waals surface area (Å²) in [6.45, 7) is -0.0413. The molecule has 3 aromatic heterocycles. The molecule has 1 fully saturated rings. The number of hydrogen-bond acceptors (Lipinski definition) is 6. The Kier molecular flexibility index (Phi) is 5.95. The van der Waals surface area contributed by atoms with Gasteiger partial charge in [0.1, 0.15) is 17.8 Å². The Labute approximate surface area is 187 Å². The average Bonchev–Trinajstić information content (AvgIpc) is 3.37. The highest BCUT2D eigenvalue weighted by Crippen LogP contribution is 2.36. The summed E-state index contributed by atoms with van der Waals surface area (Å²) in [4.78, 5) is 32.1. The lowest BCUT2D eigenvalue weighted by atomic mass is 9.97. The molecule has 4 rings (SSSR count). The van der Waals surface area contributed by atoms with Crippen LogP contribution in [0.15, 0.2) is 30.9 Å². The van der Waals surface area contributed by atoms with E-state index >= 15 is 0 Å². The van der Waals surface area contributed by atoms with Gasteiger partial charge in [-0.1, -0.05) is 0 Å². The number of aromatic nitrogens is 5. The van der Waals surface area contributed by atoms with Crippen LogP contribution in [-0.2, 0) is 11.3 Å². The van der Waals surface area contributed by atoms with Crippen molar-refractivity contribution in [1.82, 2.24) is 29.3 Å². The molecule has 1 aliphatic heterocycles. The third-order valence-corrected chi connectivity index (χ3v) is 5.49. The molecule has 0 bridgehead atoms. The summed E-state index contributed by atoms with van der Waals surface area (Å²) in [6.07, 6.45) is 2.02. The summed E-state index contributed by atoms with van der Waals surface area (Å²) in [5.74, 6) is -2.09. The van der Waals surface area contributed by atoms with Crippen molar-refractivity contribution in [3.63, 3.8) is 0 Å². The summed E-state index contributed by atoms with van der Waals surface area (Å²) >= 11 is 0. The van der Waals surface area contributed by atoms with E-state index in [1.54, 1.807) is 26.4 Å². The van der Waals surface area contributed by atoms with E-state index in [0.717, 1.165) is 0 Å². The van der Waals surface area contributed by atoms with Crippen molar-refractivity contribution in [1.29, 1.82) is 0 Å². The van der Waals surface area contributed by atoms with Crippen LogP contribution in [0.25, 0.3) is 5.65 Å². The van der Waals surface area contributed by atoms with Crippen LogP contribution in [0.5, 0.6) is 0 Å². The molecule has 0 saturated carbocycles. The summed E-state index contributed by atoms with van der Waals surface area (Å²) in [5, 5.41) is 11.1. The molecule has 0 aliphatic carbocycles. The molecule has 1 saturated heterocycles. The van der Waals surface area contributed by atoms with Crippen LogP contribution in [0.4, 0.5) is 24.7 Å². The first kappa shape index (κ1) is 22.6. The second-order valence-corrected chi connectivity index (χ2v) is 8.08. The topological polar surface area (TPSA) is 101 Å². The van der Waals surface area contributed by atoms with E-state index in [1.807, 2.05) is 0 Å². The van der Waals surface area contributed by atoms with Gasteiger partial charge in [-0.3, -0.25) is 14.3 Å². The van der Waals surface area contributed by atoms with Gasteiger partial charge in [0.25, 0.3) is 5.91 Å². The van der Waals surface area contributed by atoms with Gasteiger partial charge in [-0.15, -0.1) is 0 Å². The first-order chi connectivity index (χ1) is 15.6. The zero-order valence-corrected chi connectivity index (χ0v) is 18.1. The number of carbonyl (C=O) groups is 2. The lowest BCUT2D eigenvalue weighted by Gasteiger charge is -2.34. The SMILES string of the molecule is CN(C)C(=O)Cn1cc(NC(=O)c2cnn3cccnc23)c(N2CCCC(C(F)(F)F)C2)n1. The monoisotopic (exact) mass is 464 g/mol. The fourth-order valence-corrected chi connectivity index (χ4v) is 3.71. The van der Waals surface area contributed by atoms with E-state index in [2.05, 4.69) is 20.5 Å². The first-order valence-electron chi connectivity index (χ1n) is 10.3. The van der Waals surface area contributed by atoms with Gasteiger partial charge in [-0.2, -0.15) is 23.4 Å². The number of halogens is 3. The Balaban J connectivity index is 1.64. The molecule has 4 heterocycles. The maximum atomic E-state index is 13.4. The van der Waals surface area contributed by atoms with Gasteiger partial charge in [-0.05, 0) is 18.9 Å². The molecular formula is C20H23F3N8O2. The van der Waals surface area contributed by atoms with Gasteiger partial charge in [0, 0.05) is 39.6 Å². The molecule has 1 aliphatic rings. The molecular weight excluding hydrogens is 441 g/mol. The van der Waals surface area contributed by atoms with Gasteiger partial charge >= 0.3 is 6.18 Å². The molecule has 1 atom stereocenters. The third-order valence-electron chi connectivity index (χ3n) is 5.49. The van der Waals surface area contributed by atoms with Crippen LogP contribution >= 0.6 is 0 Å². The van der Waals surface area contributed by atoms with E-state index < -0.39 is 18.0 Å². The number of rotatable bonds is 5. The second-order valence-electron chi connectivity index (χ2n) is 8.08. The molecule has 1 N–H and O–H groups in total. The van der Waals surface area contributed by atoms with E-state index in [4.69, 9.17) is 0 Å². The standard InChI is InChI=1S/C20H23F3N8O2/c1-28(2)16(32)12-30-11-15(18(27-30)29-7-3-5-13(10-29)20(21,22)23)26-19(33)14-9-25-31-8-4-6-24-17(14)31/h4,6,8-9,11,13H,3,5,7,10,12H2,1-2H3,(H,26,33). The van der Waals surface area contributed by atoms with Gasteiger partial charge in [0.15, 0.2) is 11.5 Å². The summed E-state index contributed by atoms with van der Waals surface area (Å²) in [6, 6.07) is 1.67. The number of nitrogens with zero attached hydrogens (tertiary/aromatic N) is 7. The second kappa shape index (κ2) is 8.71. The minimum atomic E-state index is -4.33. The minimum Gasteiger partial charge on any atom is -0.353 e. The smallest absolute Gasteiger partial charge is 0.353 e. The fraction of sp³-hybridized carbons (Fsp3) is 0.450. The lowest BCUT2D eigenvalue weighted by Crippen LogP contribution is -2.42. The predicted molar refractivity (Wildman–Crippen MR) is 113 cm³/mol. The molecule has 176 valence electrons. The van der Waals surface area contributed by atoms with Crippen LogP contribution in [0, 0.1) is 5.92 Å². The van der Waals surface area contributed by atoms with Crippen molar-refractivity contribution in [2.24, 2.45) is 5.92 Å². The molecule has 33 heavy (non-hydrogen) atoms. The van der Waals surface area contributed by atoms with Crippen molar-refractivity contribution < 1.29 is 22.8 Å². The Morgan fingerprint density at radius 3 is 2.82 bits per heavy atom. The molecule has 10 nitrogen and oxygen atoms in total. The number of amides is 2. The van der Waals surface area contributed by atoms with Crippen LogP contribution < -0.4 is 10.2 Å². The van der Waals surface area contributed by atoms with Gasteiger partial charge < -0.3 is 15.1 Å². The number of anilines is 2. The molecule has 0 aromatic carbocycles. The van der Waals surface area contributed by atoms with Gasteiger partial charge in [-0.25, -0.2) is 9.50 Å². The average molecular weight is 464 g/mol. The highest BCUT2D eigenvalue weighted by atomic mass is 19.4. The van der Waals surface area contributed by atoms with Crippen molar-refractivity contribution in [3.8, 4) is 0 Å². The Hall–Kier alpha value is -3.64. The Morgan fingerprint density at radius 1 is 1.30 bits per heavy atom. The minimum absolute atomic E-state index is 0.0373. The normalized spacial score (nSPS) is 16.8. The quantitative estimate of drug-likeness (QED) is 0.620. The van der Waals surface area contributed by atoms with Crippen molar-refractivity contribution >= 4 is 29.0 Å². The number of alkyl halides is 3. The molecule has 1 unspecified atom stereocenters. The van der Waals surface area contributed by atoms with Crippen LogP contribution in [0.2, 0.25) is 0 Å². The van der Waals surface area contributed by atoms with Gasteiger partial charge in [0.05, 0.1) is 18.3 Å². The number of hydrogen-bond donors (Lipinski definition) is 1. The molecule has 2 amide bonds. The highest BCUT2D eigenvalue weighted by molar-refractivity contribution is 6.09. The van der Waals surface area contributed by atoms with E-state index in [-0.39, 0.29) is 42.5 Å². The van der Waals surface area contributed by atoms with Crippen LogP contribution in [-0.4, -0.2) is 74.5 Å². The van der Waals surface area contributed by atoms with Crippen LogP contribution in [0.3, 0.4) is 0 Å². The summed E-state index contributed by atoms with van der Waals surface area (Å²) in [5.41, 5.74) is 0.747. The van der Waals surface area contributed by atoms with E-state index in [9.17, 15) is 22.8 Å². The van der Waals surface area contributed by atoms with Crippen molar-refractivity contribution in [2.45, 2.75) is 25.6 Å². The maximum absolute atomic E-state index is 13.4. The third kappa shape index (κ3) is 4.76. The zero-order chi connectivity index (χ0) is 23.8. The Bertz CT molecular complexity index is 1170. The number of likely N-dealkylation sites (N-methyl/N-ethyl adjacent to an activating group) is 1. The highest BCUT2D eigenvalue weighted by Gasteiger charge is 2.42. The predicted octanol–water partition coefficient (Wildman–Crippen LogP) is 2.04. The van der Waals surface area contributed by atoms with Crippen LogP contribution in [0.1, 0.15) is 23.2 Å². The van der Waals surface area contributed by atoms with E-state index in [1.165, 1.54) is 37.6 Å². The van der Waals surface area contributed by atoms with Gasteiger partial charge in [0.2, 0.25) is 5.91 Å². The molecule has 0 radical (unpaired) electrons. The molecule has 0 spiro atoms. The zero-order valence-electron chi connectivity index (χ0n) is 18.1. The Morgan fingerprint density at radius 2 is 2.09 bits per heavy atom. The summed E-state index contributed by atoms with van der Waals surface area (Å²) < 4.78 is 42.8. The summed E-state index contributed by atoms with van der Waals surface area (Å²) in [7, 11) is 3.18. The number of piperidine rings is 1. The molecule has 3 aromatic rings. The maximum Gasteiger partial charge on any atom is 0.393 e. The fourth-order valence-electron chi connectivity index (χ4n) is 3.71. The lowest BCUT2D eigenvalue weighted by molar-refractivity contribution is -0.176. The molecule has 13 heteroatoms. The van der Waals surface area contributed by atoms with E-state index in [0.29, 0.717) is 18.6 Å². The number of nitrogens with one attached hydrogen (secondary N) is 1.